The Morgan fingerprint density at radius 3 is 2.33 bits per heavy atom. The van der Waals surface area contributed by atoms with E-state index in [-0.39, 0.29) is 5.41 Å². The first-order valence-corrected chi connectivity index (χ1v) is 8.22. The molecule has 0 spiro atoms. The van der Waals surface area contributed by atoms with Crippen molar-refractivity contribution in [1.82, 2.24) is 0 Å². The summed E-state index contributed by atoms with van der Waals surface area (Å²) in [5.41, 5.74) is 3.08. The number of nitriles is 1. The lowest BCUT2D eigenvalue weighted by Crippen LogP contribution is -2.40. The average Bonchev–Trinajstić information content (AvgIpc) is 2.67. The van der Waals surface area contributed by atoms with E-state index in [1.807, 2.05) is 36.4 Å². The molecule has 4 nitrogen and oxygen atoms in total. The lowest BCUT2D eigenvalue weighted by Gasteiger charge is -2.38. The van der Waals surface area contributed by atoms with Crippen molar-refractivity contribution >= 4 is 5.69 Å². The van der Waals surface area contributed by atoms with E-state index >= 15 is 0 Å². The fraction of sp³-hybridized carbons (Fsp3) is 0.350. The summed E-state index contributed by atoms with van der Waals surface area (Å²) >= 11 is 0. The van der Waals surface area contributed by atoms with Gasteiger partial charge in [0.15, 0.2) is 0 Å². The Labute approximate surface area is 143 Å². The van der Waals surface area contributed by atoms with Crippen LogP contribution in [0.25, 0.3) is 0 Å². The molecule has 4 heteroatoms. The average molecular weight is 322 g/mol. The molecular weight excluding hydrogens is 300 g/mol. The van der Waals surface area contributed by atoms with E-state index < -0.39 is 0 Å². The number of ether oxygens (including phenoxy) is 2. The minimum atomic E-state index is 0.0540. The SMILES string of the molecule is COc1ccc(C2(CNc3ccc(C#N)cc3)CCOCC2)cc1. The molecule has 1 aliphatic heterocycles. The van der Waals surface area contributed by atoms with Gasteiger partial charge in [0.05, 0.1) is 18.7 Å². The standard InChI is InChI=1S/C20H22N2O2/c1-23-19-8-4-17(5-9-19)20(10-12-24-13-11-20)15-22-18-6-2-16(14-21)3-7-18/h2-9,22H,10-13,15H2,1H3. The zero-order valence-corrected chi connectivity index (χ0v) is 13.9. The molecule has 0 amide bonds. The highest BCUT2D eigenvalue weighted by atomic mass is 16.5. The summed E-state index contributed by atoms with van der Waals surface area (Å²) in [5.74, 6) is 0.876. The van der Waals surface area contributed by atoms with Crippen LogP contribution in [-0.2, 0) is 10.2 Å². The third kappa shape index (κ3) is 3.52. The first kappa shape index (κ1) is 16.4. The number of benzene rings is 2. The van der Waals surface area contributed by atoms with Crippen molar-refractivity contribution in [3.05, 3.63) is 59.7 Å². The Balaban J connectivity index is 1.78. The number of methoxy groups -OCH3 is 1. The van der Waals surface area contributed by atoms with Gasteiger partial charge in [0, 0.05) is 30.9 Å². The Hall–Kier alpha value is -2.51. The molecule has 0 bridgehead atoms. The number of rotatable bonds is 5. The van der Waals surface area contributed by atoms with E-state index in [0.717, 1.165) is 44.0 Å². The van der Waals surface area contributed by atoms with Gasteiger partial charge in [-0.1, -0.05) is 12.1 Å². The molecule has 2 aromatic rings. The predicted octanol–water partition coefficient (Wildman–Crippen LogP) is 3.73. The van der Waals surface area contributed by atoms with Crippen LogP contribution in [0.2, 0.25) is 0 Å². The van der Waals surface area contributed by atoms with E-state index in [4.69, 9.17) is 14.7 Å². The van der Waals surface area contributed by atoms with Gasteiger partial charge in [-0.25, -0.2) is 0 Å². The molecule has 3 rings (SSSR count). The second-order valence-corrected chi connectivity index (χ2v) is 6.16. The van der Waals surface area contributed by atoms with Crippen LogP contribution in [-0.4, -0.2) is 26.9 Å². The monoisotopic (exact) mass is 322 g/mol. The van der Waals surface area contributed by atoms with Crippen LogP contribution in [0.5, 0.6) is 5.75 Å². The summed E-state index contributed by atoms with van der Waals surface area (Å²) in [5, 5.41) is 12.4. The van der Waals surface area contributed by atoms with Crippen LogP contribution in [0.4, 0.5) is 5.69 Å². The fourth-order valence-corrected chi connectivity index (χ4v) is 3.21. The minimum absolute atomic E-state index is 0.0540. The smallest absolute Gasteiger partial charge is 0.118 e. The number of anilines is 1. The van der Waals surface area contributed by atoms with Crippen LogP contribution in [0.1, 0.15) is 24.0 Å². The van der Waals surface area contributed by atoms with Gasteiger partial charge < -0.3 is 14.8 Å². The molecule has 124 valence electrons. The van der Waals surface area contributed by atoms with Crippen molar-refractivity contribution in [1.29, 1.82) is 5.26 Å². The highest BCUT2D eigenvalue weighted by molar-refractivity contribution is 5.48. The van der Waals surface area contributed by atoms with Gasteiger partial charge in [0.25, 0.3) is 0 Å². The summed E-state index contributed by atoms with van der Waals surface area (Å²) in [6, 6.07) is 18.1. The zero-order chi connectivity index (χ0) is 16.8. The van der Waals surface area contributed by atoms with Gasteiger partial charge in [-0.15, -0.1) is 0 Å². The molecule has 1 heterocycles. The zero-order valence-electron chi connectivity index (χ0n) is 13.9. The van der Waals surface area contributed by atoms with E-state index in [1.165, 1.54) is 5.56 Å². The maximum atomic E-state index is 8.90. The molecular formula is C20H22N2O2. The first-order chi connectivity index (χ1) is 11.8. The topological polar surface area (TPSA) is 54.3 Å². The van der Waals surface area contributed by atoms with Gasteiger partial charge in [-0.3, -0.25) is 0 Å². The van der Waals surface area contributed by atoms with Crippen molar-refractivity contribution in [2.45, 2.75) is 18.3 Å². The molecule has 0 atom stereocenters. The number of nitrogens with one attached hydrogen (secondary N) is 1. The quantitative estimate of drug-likeness (QED) is 0.911. The van der Waals surface area contributed by atoms with Crippen molar-refractivity contribution in [2.75, 3.05) is 32.2 Å². The fourth-order valence-electron chi connectivity index (χ4n) is 3.21. The van der Waals surface area contributed by atoms with Gasteiger partial charge in [-0.05, 0) is 54.8 Å². The van der Waals surface area contributed by atoms with Crippen molar-refractivity contribution < 1.29 is 9.47 Å². The lowest BCUT2D eigenvalue weighted by atomic mass is 9.74. The van der Waals surface area contributed by atoms with E-state index in [1.54, 1.807) is 7.11 Å². The normalized spacial score (nSPS) is 16.2. The highest BCUT2D eigenvalue weighted by Crippen LogP contribution is 2.36. The summed E-state index contributed by atoms with van der Waals surface area (Å²) in [7, 11) is 1.69. The largest absolute Gasteiger partial charge is 0.497 e. The Morgan fingerprint density at radius 1 is 1.08 bits per heavy atom. The highest BCUT2D eigenvalue weighted by Gasteiger charge is 2.34. The van der Waals surface area contributed by atoms with Crippen molar-refractivity contribution in [2.24, 2.45) is 0 Å². The van der Waals surface area contributed by atoms with Crippen LogP contribution >= 0.6 is 0 Å². The number of nitrogens with zero attached hydrogens (tertiary/aromatic N) is 1. The van der Waals surface area contributed by atoms with Crippen LogP contribution < -0.4 is 10.1 Å². The van der Waals surface area contributed by atoms with Gasteiger partial charge in [-0.2, -0.15) is 5.26 Å². The Bertz CT molecular complexity index is 696. The predicted molar refractivity (Wildman–Crippen MR) is 94.4 cm³/mol. The van der Waals surface area contributed by atoms with E-state index in [9.17, 15) is 0 Å². The summed E-state index contributed by atoms with van der Waals surface area (Å²) in [4.78, 5) is 0. The maximum Gasteiger partial charge on any atom is 0.118 e. The van der Waals surface area contributed by atoms with Gasteiger partial charge >= 0.3 is 0 Å². The molecule has 1 N–H and O–H groups in total. The number of hydrogen-bond acceptors (Lipinski definition) is 4. The third-order valence-electron chi connectivity index (χ3n) is 4.80. The third-order valence-corrected chi connectivity index (χ3v) is 4.80. The van der Waals surface area contributed by atoms with Crippen LogP contribution in [0.3, 0.4) is 0 Å². The van der Waals surface area contributed by atoms with Crippen LogP contribution in [0.15, 0.2) is 48.5 Å². The van der Waals surface area contributed by atoms with Gasteiger partial charge in [0.1, 0.15) is 5.75 Å². The summed E-state index contributed by atoms with van der Waals surface area (Å²) in [6.07, 6.45) is 1.98. The molecule has 2 aromatic carbocycles. The van der Waals surface area contributed by atoms with Crippen molar-refractivity contribution in [3.63, 3.8) is 0 Å². The summed E-state index contributed by atoms with van der Waals surface area (Å²) in [6.45, 7) is 2.40. The van der Waals surface area contributed by atoms with E-state index in [0.29, 0.717) is 5.56 Å². The molecule has 1 aliphatic rings. The second kappa shape index (κ2) is 7.37. The maximum absolute atomic E-state index is 8.90. The molecule has 0 aliphatic carbocycles. The second-order valence-electron chi connectivity index (χ2n) is 6.16. The molecule has 0 unspecified atom stereocenters. The van der Waals surface area contributed by atoms with Gasteiger partial charge in [0.2, 0.25) is 0 Å². The van der Waals surface area contributed by atoms with Crippen LogP contribution in [0, 0.1) is 11.3 Å². The molecule has 24 heavy (non-hydrogen) atoms. The Kier molecular flexibility index (Phi) is 5.02. The lowest BCUT2D eigenvalue weighted by molar-refractivity contribution is 0.0544. The van der Waals surface area contributed by atoms with Crippen molar-refractivity contribution in [3.8, 4) is 11.8 Å². The molecule has 0 aromatic heterocycles. The Morgan fingerprint density at radius 2 is 1.75 bits per heavy atom. The first-order valence-electron chi connectivity index (χ1n) is 8.22. The molecule has 1 saturated heterocycles. The molecule has 0 saturated carbocycles. The number of hydrogen-bond donors (Lipinski definition) is 1. The van der Waals surface area contributed by atoms with E-state index in [2.05, 4.69) is 23.5 Å². The molecule has 0 radical (unpaired) electrons. The molecule has 1 fully saturated rings. The minimum Gasteiger partial charge on any atom is -0.497 e. The summed E-state index contributed by atoms with van der Waals surface area (Å²) < 4.78 is 10.9.